The maximum Gasteiger partial charge on any atom is 0.258 e. The lowest BCUT2D eigenvalue weighted by Crippen LogP contribution is -2.49. The number of halogens is 1. The number of anilines is 2. The van der Waals surface area contributed by atoms with Gasteiger partial charge in [0.2, 0.25) is 5.91 Å². The van der Waals surface area contributed by atoms with Gasteiger partial charge >= 0.3 is 0 Å². The first-order valence-electron chi connectivity index (χ1n) is 9.95. The molecule has 1 aromatic heterocycles. The Morgan fingerprint density at radius 3 is 2.79 bits per heavy atom. The zero-order chi connectivity index (χ0) is 23.3. The summed E-state index contributed by atoms with van der Waals surface area (Å²) < 4.78 is 13.5. The molecule has 1 amide bonds. The van der Waals surface area contributed by atoms with Crippen molar-refractivity contribution in [1.82, 2.24) is 9.97 Å². The number of rotatable bonds is 3. The maximum absolute atomic E-state index is 13.6. The van der Waals surface area contributed by atoms with E-state index in [0.29, 0.717) is 17.0 Å². The highest BCUT2D eigenvalue weighted by atomic mass is 32.2. The van der Waals surface area contributed by atoms with Crippen LogP contribution in [0.2, 0.25) is 0 Å². The number of aromatic amines is 1. The SMILES string of the molecule is CN1C(=O)[C@@]2(C(C#N)=C(N)Nc3nc(SCc4cccc(F)c4)[nH]c(=O)c32)c2ccccc21. The number of nitrogens with zero attached hydrogens (tertiary/aromatic N) is 3. The third-order valence-corrected chi connectivity index (χ3v) is 6.79. The van der Waals surface area contributed by atoms with Crippen molar-refractivity contribution >= 4 is 29.2 Å². The van der Waals surface area contributed by atoms with Crippen LogP contribution in [0, 0.1) is 17.1 Å². The van der Waals surface area contributed by atoms with Crippen molar-refractivity contribution in [2.45, 2.75) is 16.3 Å². The number of benzene rings is 2. The Labute approximate surface area is 191 Å². The average Bonchev–Trinajstić information content (AvgIpc) is 3.00. The number of likely N-dealkylation sites (N-methyl/N-ethyl adjacent to an activating group) is 1. The van der Waals surface area contributed by atoms with Crippen molar-refractivity contribution in [2.75, 3.05) is 17.3 Å². The fourth-order valence-electron chi connectivity index (χ4n) is 4.44. The number of carbonyl (C=O) groups excluding carboxylic acids is 1. The van der Waals surface area contributed by atoms with Crippen LogP contribution < -0.4 is 21.5 Å². The van der Waals surface area contributed by atoms with Crippen molar-refractivity contribution in [3.05, 3.63) is 92.8 Å². The van der Waals surface area contributed by atoms with Crippen LogP contribution in [0.15, 0.2) is 69.9 Å². The second kappa shape index (κ2) is 7.50. The first kappa shape index (κ1) is 20.8. The van der Waals surface area contributed by atoms with E-state index in [-0.39, 0.29) is 33.7 Å². The molecule has 33 heavy (non-hydrogen) atoms. The van der Waals surface area contributed by atoms with Gasteiger partial charge < -0.3 is 20.9 Å². The summed E-state index contributed by atoms with van der Waals surface area (Å²) in [5, 5.41) is 13.1. The molecule has 8 nitrogen and oxygen atoms in total. The Hall–Kier alpha value is -4.10. The Bertz CT molecular complexity index is 1460. The van der Waals surface area contributed by atoms with Gasteiger partial charge in [0.1, 0.15) is 28.9 Å². The van der Waals surface area contributed by atoms with E-state index in [2.05, 4.69) is 15.3 Å². The highest BCUT2D eigenvalue weighted by Crippen LogP contribution is 2.52. The van der Waals surface area contributed by atoms with Gasteiger partial charge in [-0.2, -0.15) is 5.26 Å². The van der Waals surface area contributed by atoms with E-state index in [1.165, 1.54) is 28.8 Å². The highest BCUT2D eigenvalue weighted by Gasteiger charge is 2.59. The minimum Gasteiger partial charge on any atom is -0.384 e. The number of fused-ring (bicyclic) bond motifs is 4. The lowest BCUT2D eigenvalue weighted by Gasteiger charge is -2.33. The molecule has 2 aliphatic heterocycles. The monoisotopic (exact) mass is 460 g/mol. The molecule has 0 aliphatic carbocycles. The molecule has 10 heteroatoms. The number of carbonyl (C=O) groups is 1. The van der Waals surface area contributed by atoms with Crippen molar-refractivity contribution < 1.29 is 9.18 Å². The van der Waals surface area contributed by atoms with E-state index in [9.17, 15) is 19.2 Å². The van der Waals surface area contributed by atoms with Crippen molar-refractivity contribution in [1.29, 1.82) is 5.26 Å². The van der Waals surface area contributed by atoms with E-state index >= 15 is 0 Å². The van der Waals surface area contributed by atoms with Gasteiger partial charge in [-0.15, -0.1) is 0 Å². The molecule has 0 saturated carbocycles. The number of nitrogens with two attached hydrogens (primary N) is 1. The fourth-order valence-corrected chi connectivity index (χ4v) is 5.25. The molecule has 5 rings (SSSR count). The molecule has 1 atom stereocenters. The molecule has 164 valence electrons. The van der Waals surface area contributed by atoms with Crippen LogP contribution in [0.4, 0.5) is 15.9 Å². The predicted molar refractivity (Wildman–Crippen MR) is 122 cm³/mol. The molecule has 4 N–H and O–H groups in total. The second-order valence-corrected chi connectivity index (χ2v) is 8.63. The first-order chi connectivity index (χ1) is 15.9. The molecule has 2 aromatic carbocycles. The first-order valence-corrected chi connectivity index (χ1v) is 10.9. The minimum absolute atomic E-state index is 0.0187. The summed E-state index contributed by atoms with van der Waals surface area (Å²) in [4.78, 5) is 35.6. The molecular weight excluding hydrogens is 443 g/mol. The molecule has 0 radical (unpaired) electrons. The molecule has 0 fully saturated rings. The number of hydrogen-bond acceptors (Lipinski definition) is 7. The van der Waals surface area contributed by atoms with Gasteiger partial charge in [0.15, 0.2) is 5.16 Å². The summed E-state index contributed by atoms with van der Waals surface area (Å²) >= 11 is 1.20. The Morgan fingerprint density at radius 1 is 1.24 bits per heavy atom. The largest absolute Gasteiger partial charge is 0.384 e. The van der Waals surface area contributed by atoms with Gasteiger partial charge in [-0.25, -0.2) is 9.37 Å². The fraction of sp³-hybridized carbons (Fsp3) is 0.130. The maximum atomic E-state index is 13.6. The van der Waals surface area contributed by atoms with Crippen molar-refractivity contribution in [3.63, 3.8) is 0 Å². The van der Waals surface area contributed by atoms with Crippen molar-refractivity contribution in [3.8, 4) is 6.07 Å². The standard InChI is InChI=1S/C23H17FN6O2S/c1-30-16-8-3-2-7-14(16)23(21(30)32)15(10-25)18(26)27-19-17(23)20(31)29-22(28-19)33-11-12-5-4-6-13(24)9-12/h2-9H,11,26H2,1H3,(H2,27,28,29,31)/t23-/m1/s1. The summed E-state index contributed by atoms with van der Waals surface area (Å²) in [6, 6.07) is 15.1. The summed E-state index contributed by atoms with van der Waals surface area (Å²) in [6.07, 6.45) is 0. The molecule has 2 aliphatic rings. The van der Waals surface area contributed by atoms with Gasteiger partial charge in [-0.1, -0.05) is 42.1 Å². The number of amides is 1. The number of para-hydroxylation sites is 1. The Kier molecular flexibility index (Phi) is 4.72. The van der Waals surface area contributed by atoms with E-state index < -0.39 is 16.9 Å². The van der Waals surface area contributed by atoms with Gasteiger partial charge in [0.05, 0.1) is 11.1 Å². The van der Waals surface area contributed by atoms with E-state index in [1.807, 2.05) is 6.07 Å². The van der Waals surface area contributed by atoms with Crippen LogP contribution in [-0.2, 0) is 16.0 Å². The molecule has 1 spiro atoms. The molecule has 0 bridgehead atoms. The number of nitriles is 1. The lowest BCUT2D eigenvalue weighted by molar-refractivity contribution is -0.120. The molecule has 3 heterocycles. The lowest BCUT2D eigenvalue weighted by atomic mass is 9.69. The van der Waals surface area contributed by atoms with Crippen LogP contribution in [0.1, 0.15) is 16.7 Å². The van der Waals surface area contributed by atoms with E-state index in [4.69, 9.17) is 5.73 Å². The minimum atomic E-state index is -1.70. The van der Waals surface area contributed by atoms with E-state index in [1.54, 1.807) is 43.4 Å². The number of thioether (sulfide) groups is 1. The summed E-state index contributed by atoms with van der Waals surface area (Å²) in [5.74, 6) is -0.381. The third kappa shape index (κ3) is 2.93. The predicted octanol–water partition coefficient (Wildman–Crippen LogP) is 2.58. The average molecular weight is 460 g/mol. The molecule has 3 aromatic rings. The van der Waals surface area contributed by atoms with E-state index in [0.717, 1.165) is 5.56 Å². The molecule has 0 saturated heterocycles. The molecular formula is C23H17FN6O2S. The van der Waals surface area contributed by atoms with Gasteiger partial charge in [0.25, 0.3) is 5.56 Å². The zero-order valence-electron chi connectivity index (χ0n) is 17.3. The van der Waals surface area contributed by atoms with Crippen molar-refractivity contribution in [2.24, 2.45) is 5.73 Å². The van der Waals surface area contributed by atoms with Crippen LogP contribution in [0.3, 0.4) is 0 Å². The van der Waals surface area contributed by atoms with Gasteiger partial charge in [-0.3, -0.25) is 9.59 Å². The number of nitrogens with one attached hydrogen (secondary N) is 2. The van der Waals surface area contributed by atoms with Crippen LogP contribution >= 0.6 is 11.8 Å². The Morgan fingerprint density at radius 2 is 2.03 bits per heavy atom. The normalized spacial score (nSPS) is 18.7. The third-order valence-electron chi connectivity index (χ3n) is 5.84. The number of hydrogen-bond donors (Lipinski definition) is 3. The number of aromatic nitrogens is 2. The zero-order valence-corrected chi connectivity index (χ0v) is 18.2. The van der Waals surface area contributed by atoms with Gasteiger partial charge in [-0.05, 0) is 23.8 Å². The van der Waals surface area contributed by atoms with Crippen LogP contribution in [0.25, 0.3) is 0 Å². The number of H-pyrrole nitrogens is 1. The van der Waals surface area contributed by atoms with Crippen LogP contribution in [0.5, 0.6) is 0 Å². The second-order valence-electron chi connectivity index (χ2n) is 7.67. The quantitative estimate of drug-likeness (QED) is 0.405. The molecule has 0 unspecified atom stereocenters. The Balaban J connectivity index is 1.67. The van der Waals surface area contributed by atoms with Gasteiger partial charge in [0, 0.05) is 24.1 Å². The van der Waals surface area contributed by atoms with Crippen LogP contribution in [-0.4, -0.2) is 22.9 Å². The summed E-state index contributed by atoms with van der Waals surface area (Å²) in [7, 11) is 1.59. The highest BCUT2D eigenvalue weighted by molar-refractivity contribution is 7.98. The summed E-state index contributed by atoms with van der Waals surface area (Å²) in [6.45, 7) is 0. The topological polar surface area (TPSA) is 128 Å². The smallest absolute Gasteiger partial charge is 0.258 e. The summed E-state index contributed by atoms with van der Waals surface area (Å²) in [5.41, 5.74) is 5.68.